The smallest absolute Gasteiger partial charge is 0.406 e. The van der Waals surface area contributed by atoms with E-state index in [-0.39, 0.29) is 5.91 Å². The lowest BCUT2D eigenvalue weighted by Gasteiger charge is -2.02. The van der Waals surface area contributed by atoms with Crippen LogP contribution in [0.25, 0.3) is 0 Å². The summed E-state index contributed by atoms with van der Waals surface area (Å²) in [5.41, 5.74) is 4.98. The number of unbranched alkanes of at least 4 members (excludes halogenated alkanes) is 3. The molecule has 0 aliphatic carbocycles. The number of ether oxygens (including phenoxy) is 1. The first kappa shape index (κ1) is 12.7. The summed E-state index contributed by atoms with van der Waals surface area (Å²) in [6.07, 6.45) is 3.72. The second-order valence-corrected chi connectivity index (χ2v) is 3.05. The van der Waals surface area contributed by atoms with E-state index in [1.54, 1.807) is 0 Å². The largest absolute Gasteiger partial charge is 0.453 e. The minimum Gasteiger partial charge on any atom is -0.453 e. The van der Waals surface area contributed by atoms with Crippen molar-refractivity contribution in [2.75, 3.05) is 13.7 Å². The van der Waals surface area contributed by atoms with Gasteiger partial charge in [0.25, 0.3) is 0 Å². The van der Waals surface area contributed by atoms with E-state index in [4.69, 9.17) is 5.73 Å². The summed E-state index contributed by atoms with van der Waals surface area (Å²) in [6, 6.07) is 0. The number of primary amides is 1. The highest BCUT2D eigenvalue weighted by Gasteiger charge is 1.97. The van der Waals surface area contributed by atoms with Gasteiger partial charge in [0.1, 0.15) is 0 Å². The molecule has 0 unspecified atom stereocenters. The Bertz CT molecular complexity index is 183. The number of methoxy groups -OCH3 is 1. The van der Waals surface area contributed by atoms with Crippen molar-refractivity contribution in [2.24, 2.45) is 5.73 Å². The van der Waals surface area contributed by atoms with E-state index in [9.17, 15) is 9.59 Å². The molecule has 0 aromatic rings. The summed E-state index contributed by atoms with van der Waals surface area (Å²) >= 11 is 0. The van der Waals surface area contributed by atoms with Crippen LogP contribution in [0.2, 0.25) is 0 Å². The third kappa shape index (κ3) is 8.83. The molecule has 2 amide bonds. The first-order chi connectivity index (χ1) is 6.66. The number of nitrogens with one attached hydrogen (secondary N) is 1. The van der Waals surface area contributed by atoms with Crippen molar-refractivity contribution in [1.82, 2.24) is 5.32 Å². The lowest BCUT2D eigenvalue weighted by atomic mass is 10.1. The topological polar surface area (TPSA) is 81.4 Å². The Balaban J connectivity index is 3.06. The third-order valence-corrected chi connectivity index (χ3v) is 1.80. The molecule has 0 fully saturated rings. The van der Waals surface area contributed by atoms with Crippen molar-refractivity contribution in [3.63, 3.8) is 0 Å². The standard InChI is InChI=1S/C9H18N2O3/c1-14-9(13)11-7-5-3-2-4-6-8(10)12/h2-7H2,1H3,(H2,10,12)(H,11,13). The van der Waals surface area contributed by atoms with Crippen molar-refractivity contribution in [3.8, 4) is 0 Å². The Morgan fingerprint density at radius 1 is 1.21 bits per heavy atom. The van der Waals surface area contributed by atoms with E-state index in [1.807, 2.05) is 0 Å². The van der Waals surface area contributed by atoms with Gasteiger partial charge in [0.2, 0.25) is 5.91 Å². The SMILES string of the molecule is COC(=O)NCCCCCCC(N)=O. The van der Waals surface area contributed by atoms with Gasteiger partial charge in [0.15, 0.2) is 0 Å². The molecule has 0 aliphatic rings. The zero-order valence-corrected chi connectivity index (χ0v) is 8.54. The van der Waals surface area contributed by atoms with Crippen LogP contribution < -0.4 is 11.1 Å². The fourth-order valence-electron chi connectivity index (χ4n) is 1.04. The van der Waals surface area contributed by atoms with E-state index in [2.05, 4.69) is 10.1 Å². The van der Waals surface area contributed by atoms with Crippen LogP contribution >= 0.6 is 0 Å². The average Bonchev–Trinajstić information content (AvgIpc) is 2.15. The molecule has 0 saturated carbocycles. The summed E-state index contributed by atoms with van der Waals surface area (Å²) in [5.74, 6) is -0.252. The van der Waals surface area contributed by atoms with Crippen LogP contribution in [-0.4, -0.2) is 25.7 Å². The summed E-state index contributed by atoms with van der Waals surface area (Å²) in [5, 5.41) is 2.58. The summed E-state index contributed by atoms with van der Waals surface area (Å²) < 4.78 is 4.40. The molecular weight excluding hydrogens is 184 g/mol. The maximum Gasteiger partial charge on any atom is 0.406 e. The first-order valence-corrected chi connectivity index (χ1v) is 4.77. The molecule has 0 saturated heterocycles. The van der Waals surface area contributed by atoms with Crippen molar-refractivity contribution in [3.05, 3.63) is 0 Å². The van der Waals surface area contributed by atoms with Crippen LogP contribution in [0.5, 0.6) is 0 Å². The van der Waals surface area contributed by atoms with Gasteiger partial charge in [-0.15, -0.1) is 0 Å². The van der Waals surface area contributed by atoms with Crippen LogP contribution in [0.15, 0.2) is 0 Å². The second-order valence-electron chi connectivity index (χ2n) is 3.05. The molecule has 82 valence electrons. The van der Waals surface area contributed by atoms with E-state index in [0.717, 1.165) is 25.7 Å². The number of amides is 2. The van der Waals surface area contributed by atoms with Crippen LogP contribution in [0, 0.1) is 0 Å². The van der Waals surface area contributed by atoms with Gasteiger partial charge in [-0.3, -0.25) is 4.79 Å². The predicted molar refractivity (Wildman–Crippen MR) is 52.7 cm³/mol. The molecule has 5 nitrogen and oxygen atoms in total. The van der Waals surface area contributed by atoms with Gasteiger partial charge in [0.05, 0.1) is 7.11 Å². The molecule has 0 bridgehead atoms. The van der Waals surface area contributed by atoms with Crippen LogP contribution in [0.1, 0.15) is 32.1 Å². The number of hydrogen-bond acceptors (Lipinski definition) is 3. The van der Waals surface area contributed by atoms with Gasteiger partial charge in [-0.25, -0.2) is 4.79 Å². The molecule has 14 heavy (non-hydrogen) atoms. The molecule has 0 atom stereocenters. The maximum atomic E-state index is 10.6. The first-order valence-electron chi connectivity index (χ1n) is 4.77. The zero-order valence-electron chi connectivity index (χ0n) is 8.54. The molecule has 0 rings (SSSR count). The minimum absolute atomic E-state index is 0.252. The van der Waals surface area contributed by atoms with Gasteiger partial charge in [-0.05, 0) is 12.8 Å². The predicted octanol–water partition coefficient (Wildman–Crippen LogP) is 0.778. The monoisotopic (exact) mass is 202 g/mol. The quantitative estimate of drug-likeness (QED) is 0.598. The molecule has 0 heterocycles. The number of hydrogen-bond donors (Lipinski definition) is 2. The summed E-state index contributed by atoms with van der Waals surface area (Å²) in [6.45, 7) is 0.614. The van der Waals surface area contributed by atoms with Crippen LogP contribution in [-0.2, 0) is 9.53 Å². The Morgan fingerprint density at radius 3 is 2.43 bits per heavy atom. The maximum absolute atomic E-state index is 10.6. The Kier molecular flexibility index (Phi) is 7.59. The molecule has 0 radical (unpaired) electrons. The van der Waals surface area contributed by atoms with Gasteiger partial charge in [-0.2, -0.15) is 0 Å². The Morgan fingerprint density at radius 2 is 1.86 bits per heavy atom. The Hall–Kier alpha value is -1.26. The minimum atomic E-state index is -0.401. The van der Waals surface area contributed by atoms with Crippen LogP contribution in [0.4, 0.5) is 4.79 Å². The summed E-state index contributed by atoms with van der Waals surface area (Å²) in [4.78, 5) is 21.0. The van der Waals surface area contributed by atoms with Crippen LogP contribution in [0.3, 0.4) is 0 Å². The zero-order chi connectivity index (χ0) is 10.8. The van der Waals surface area contributed by atoms with Gasteiger partial charge >= 0.3 is 6.09 Å². The van der Waals surface area contributed by atoms with Gasteiger partial charge in [0, 0.05) is 13.0 Å². The fourth-order valence-corrected chi connectivity index (χ4v) is 1.04. The highest BCUT2D eigenvalue weighted by molar-refractivity contribution is 5.73. The van der Waals surface area contributed by atoms with Crippen molar-refractivity contribution in [2.45, 2.75) is 32.1 Å². The molecule has 0 spiro atoms. The highest BCUT2D eigenvalue weighted by atomic mass is 16.5. The summed E-state index contributed by atoms with van der Waals surface area (Å²) in [7, 11) is 1.34. The van der Waals surface area contributed by atoms with E-state index < -0.39 is 6.09 Å². The molecule has 0 aromatic carbocycles. The normalized spacial score (nSPS) is 9.50. The van der Waals surface area contributed by atoms with Crippen molar-refractivity contribution >= 4 is 12.0 Å². The molecular formula is C9H18N2O3. The number of carbonyl (C=O) groups excluding carboxylic acids is 2. The molecule has 0 aliphatic heterocycles. The lowest BCUT2D eigenvalue weighted by Crippen LogP contribution is -2.23. The number of rotatable bonds is 7. The van der Waals surface area contributed by atoms with Gasteiger partial charge < -0.3 is 15.8 Å². The molecule has 5 heteroatoms. The van der Waals surface area contributed by atoms with E-state index in [0.29, 0.717) is 13.0 Å². The van der Waals surface area contributed by atoms with Crippen molar-refractivity contribution in [1.29, 1.82) is 0 Å². The van der Waals surface area contributed by atoms with Gasteiger partial charge in [-0.1, -0.05) is 12.8 Å². The fraction of sp³-hybridized carbons (Fsp3) is 0.778. The number of carbonyl (C=O) groups is 2. The second kappa shape index (κ2) is 8.34. The lowest BCUT2D eigenvalue weighted by molar-refractivity contribution is -0.118. The molecule has 3 N–H and O–H groups in total. The average molecular weight is 202 g/mol. The number of alkyl carbamates (subject to hydrolysis) is 1. The van der Waals surface area contributed by atoms with E-state index in [1.165, 1.54) is 7.11 Å². The molecule has 0 aromatic heterocycles. The third-order valence-electron chi connectivity index (χ3n) is 1.80. The Labute approximate surface area is 84.0 Å². The van der Waals surface area contributed by atoms with E-state index >= 15 is 0 Å². The number of nitrogens with two attached hydrogens (primary N) is 1. The van der Waals surface area contributed by atoms with Crippen molar-refractivity contribution < 1.29 is 14.3 Å². The highest BCUT2D eigenvalue weighted by Crippen LogP contribution is 2.01.